The van der Waals surface area contributed by atoms with Crippen LogP contribution < -0.4 is 4.72 Å². The van der Waals surface area contributed by atoms with Gasteiger partial charge in [0.15, 0.2) is 0 Å². The third kappa shape index (κ3) is 4.79. The summed E-state index contributed by atoms with van der Waals surface area (Å²) in [6, 6.07) is 5.08. The van der Waals surface area contributed by atoms with Gasteiger partial charge in [0.05, 0.1) is 10.6 Å². The van der Waals surface area contributed by atoms with Crippen molar-refractivity contribution in [1.29, 1.82) is 0 Å². The van der Waals surface area contributed by atoms with Crippen LogP contribution in [0.15, 0.2) is 29.2 Å². The van der Waals surface area contributed by atoms with Crippen LogP contribution in [0.1, 0.15) is 24.2 Å². The number of nitrogens with one attached hydrogen (secondary N) is 1. The van der Waals surface area contributed by atoms with Crippen molar-refractivity contribution < 1.29 is 21.6 Å². The van der Waals surface area contributed by atoms with E-state index in [4.69, 9.17) is 0 Å². The Hall–Kier alpha value is -1.45. The summed E-state index contributed by atoms with van der Waals surface area (Å²) in [7, 11) is -4.50. The predicted molar refractivity (Wildman–Crippen MR) is 83.4 cm³/mol. The van der Waals surface area contributed by atoms with Crippen LogP contribution in [-0.2, 0) is 20.0 Å². The Morgan fingerprint density at radius 3 is 2.00 bits per heavy atom. The molecule has 0 radical (unpaired) electrons. The summed E-state index contributed by atoms with van der Waals surface area (Å²) < 4.78 is 50.2. The molecule has 9 heteroatoms. The fourth-order valence-corrected chi connectivity index (χ4v) is 3.93. The molecule has 0 aromatic heterocycles. The van der Waals surface area contributed by atoms with E-state index < -0.39 is 26.0 Å². The lowest BCUT2D eigenvalue weighted by Crippen LogP contribution is -2.34. The summed E-state index contributed by atoms with van der Waals surface area (Å²) in [5, 5.41) is 0. The number of sulfonamides is 2. The van der Waals surface area contributed by atoms with E-state index in [1.54, 1.807) is 13.8 Å². The zero-order valence-corrected chi connectivity index (χ0v) is 14.5. The molecule has 0 aliphatic heterocycles. The zero-order chi connectivity index (χ0) is 17.1. The smallest absolute Gasteiger partial charge is 0.264 e. The SMILES string of the molecule is CC(C)CS(=O)(=O)NC(=O)c1ccc(S(=O)(=O)N(C)C)cc1. The monoisotopic (exact) mass is 348 g/mol. The van der Waals surface area contributed by atoms with Crippen molar-refractivity contribution in [3.63, 3.8) is 0 Å². The first kappa shape index (κ1) is 18.6. The summed E-state index contributed by atoms with van der Waals surface area (Å²) in [6.07, 6.45) is 0. The molecule has 0 atom stereocenters. The molecule has 0 aliphatic rings. The van der Waals surface area contributed by atoms with Crippen LogP contribution >= 0.6 is 0 Å². The van der Waals surface area contributed by atoms with Gasteiger partial charge >= 0.3 is 0 Å². The van der Waals surface area contributed by atoms with Gasteiger partial charge in [0.25, 0.3) is 5.91 Å². The van der Waals surface area contributed by atoms with Crippen LogP contribution in [0.4, 0.5) is 0 Å². The molecule has 0 saturated carbocycles. The Bertz CT molecular complexity index is 735. The molecule has 0 heterocycles. The molecular formula is C13H20N2O5S2. The van der Waals surface area contributed by atoms with Crippen molar-refractivity contribution in [2.45, 2.75) is 18.7 Å². The maximum atomic E-state index is 11.9. The first-order valence-corrected chi connectivity index (χ1v) is 9.62. The third-order valence-corrected chi connectivity index (χ3v) is 6.13. The van der Waals surface area contributed by atoms with Gasteiger partial charge < -0.3 is 0 Å². The molecule has 0 saturated heterocycles. The quantitative estimate of drug-likeness (QED) is 0.813. The molecule has 0 spiro atoms. The van der Waals surface area contributed by atoms with Crippen LogP contribution in [0.2, 0.25) is 0 Å². The van der Waals surface area contributed by atoms with Crippen molar-refractivity contribution >= 4 is 26.0 Å². The lowest BCUT2D eigenvalue weighted by Gasteiger charge is -2.12. The number of amides is 1. The fraction of sp³-hybridized carbons (Fsp3) is 0.462. The molecule has 0 fully saturated rings. The second-order valence-corrected chi connectivity index (χ2v) is 9.34. The fourth-order valence-electron chi connectivity index (χ4n) is 1.67. The van der Waals surface area contributed by atoms with Crippen LogP contribution in [0.5, 0.6) is 0 Å². The number of hydrogen-bond donors (Lipinski definition) is 1. The van der Waals surface area contributed by atoms with Crippen molar-refractivity contribution in [2.75, 3.05) is 19.8 Å². The minimum atomic E-state index is -3.71. The number of carbonyl (C=O) groups is 1. The highest BCUT2D eigenvalue weighted by Crippen LogP contribution is 2.14. The summed E-state index contributed by atoms with van der Waals surface area (Å²) in [5.41, 5.74) is 0.0741. The van der Waals surface area contributed by atoms with Gasteiger partial charge in [-0.3, -0.25) is 4.79 Å². The predicted octanol–water partition coefficient (Wildman–Crippen LogP) is 0.653. The highest BCUT2D eigenvalue weighted by molar-refractivity contribution is 7.90. The molecule has 0 unspecified atom stereocenters. The molecule has 1 aromatic carbocycles. The topological polar surface area (TPSA) is 101 Å². The molecule has 22 heavy (non-hydrogen) atoms. The molecule has 124 valence electrons. The highest BCUT2D eigenvalue weighted by Gasteiger charge is 2.20. The van der Waals surface area contributed by atoms with Gasteiger partial charge in [-0.15, -0.1) is 0 Å². The highest BCUT2D eigenvalue weighted by atomic mass is 32.2. The minimum absolute atomic E-state index is 0.0269. The van der Waals surface area contributed by atoms with Crippen LogP contribution in [0, 0.1) is 5.92 Å². The maximum absolute atomic E-state index is 11.9. The Balaban J connectivity index is 2.95. The van der Waals surface area contributed by atoms with Gasteiger partial charge in [-0.25, -0.2) is 25.9 Å². The summed E-state index contributed by atoms with van der Waals surface area (Å²) in [6.45, 7) is 3.45. The molecule has 1 rings (SSSR count). The first-order chi connectivity index (χ1) is 9.95. The van der Waals surface area contributed by atoms with Crippen LogP contribution in [0.25, 0.3) is 0 Å². The third-order valence-electron chi connectivity index (χ3n) is 2.70. The second-order valence-electron chi connectivity index (χ2n) is 5.42. The van der Waals surface area contributed by atoms with E-state index in [0.29, 0.717) is 0 Å². The van der Waals surface area contributed by atoms with Crippen molar-refractivity contribution in [2.24, 2.45) is 5.92 Å². The Morgan fingerprint density at radius 1 is 1.09 bits per heavy atom. The summed E-state index contributed by atoms with van der Waals surface area (Å²) >= 11 is 0. The van der Waals surface area contributed by atoms with Crippen LogP contribution in [0.3, 0.4) is 0 Å². The molecule has 1 amide bonds. The molecule has 7 nitrogen and oxygen atoms in total. The molecule has 1 N–H and O–H groups in total. The van der Waals surface area contributed by atoms with Gasteiger partial charge in [-0.2, -0.15) is 0 Å². The summed E-state index contributed by atoms with van der Waals surface area (Å²) in [4.78, 5) is 11.9. The maximum Gasteiger partial charge on any atom is 0.264 e. The minimum Gasteiger partial charge on any atom is -0.268 e. The van der Waals surface area contributed by atoms with Gasteiger partial charge in [0.2, 0.25) is 20.0 Å². The number of nitrogens with zero attached hydrogens (tertiary/aromatic N) is 1. The molecular weight excluding hydrogens is 328 g/mol. The standard InChI is InChI=1S/C13H20N2O5S2/c1-10(2)9-21(17,18)14-13(16)11-5-7-12(8-6-11)22(19,20)15(3)4/h5-8,10H,9H2,1-4H3,(H,14,16). The Morgan fingerprint density at radius 2 is 1.59 bits per heavy atom. The number of carbonyl (C=O) groups excluding carboxylic acids is 1. The number of benzene rings is 1. The van der Waals surface area contributed by atoms with Crippen molar-refractivity contribution in [3.8, 4) is 0 Å². The van der Waals surface area contributed by atoms with Gasteiger partial charge in [0, 0.05) is 19.7 Å². The lowest BCUT2D eigenvalue weighted by molar-refractivity contribution is 0.0981. The average molecular weight is 348 g/mol. The normalized spacial score (nSPS) is 12.6. The van der Waals surface area contributed by atoms with E-state index in [9.17, 15) is 21.6 Å². The Kier molecular flexibility index (Phi) is 5.71. The largest absolute Gasteiger partial charge is 0.268 e. The van der Waals surface area contributed by atoms with Crippen molar-refractivity contribution in [1.82, 2.24) is 9.03 Å². The summed E-state index contributed by atoms with van der Waals surface area (Å²) in [5.74, 6) is -1.06. The van der Waals surface area contributed by atoms with E-state index in [2.05, 4.69) is 0 Å². The second kappa shape index (κ2) is 6.76. The van der Waals surface area contributed by atoms with E-state index in [-0.39, 0.29) is 22.1 Å². The van der Waals surface area contributed by atoms with Gasteiger partial charge in [0.1, 0.15) is 0 Å². The van der Waals surface area contributed by atoms with Crippen molar-refractivity contribution in [3.05, 3.63) is 29.8 Å². The van der Waals surface area contributed by atoms with Gasteiger partial charge in [-0.1, -0.05) is 13.8 Å². The van der Waals surface area contributed by atoms with E-state index in [1.807, 2.05) is 4.72 Å². The number of hydrogen-bond acceptors (Lipinski definition) is 5. The molecule has 1 aromatic rings. The first-order valence-electron chi connectivity index (χ1n) is 6.53. The number of rotatable bonds is 6. The average Bonchev–Trinajstić information content (AvgIpc) is 2.36. The molecule has 0 aliphatic carbocycles. The van der Waals surface area contributed by atoms with Crippen LogP contribution in [-0.4, -0.2) is 46.9 Å². The lowest BCUT2D eigenvalue weighted by atomic mass is 10.2. The Labute approximate surface area is 131 Å². The van der Waals surface area contributed by atoms with E-state index in [1.165, 1.54) is 38.4 Å². The molecule has 0 bridgehead atoms. The van der Waals surface area contributed by atoms with Gasteiger partial charge in [-0.05, 0) is 30.2 Å². The van der Waals surface area contributed by atoms with E-state index >= 15 is 0 Å². The zero-order valence-electron chi connectivity index (χ0n) is 12.9. The van der Waals surface area contributed by atoms with E-state index in [0.717, 1.165) is 4.31 Å².